The fraction of sp³-hybridized carbons (Fsp3) is 0.308. The summed E-state index contributed by atoms with van der Waals surface area (Å²) in [6.07, 6.45) is 2.99. The van der Waals surface area contributed by atoms with Gasteiger partial charge in [0.15, 0.2) is 0 Å². The van der Waals surface area contributed by atoms with E-state index in [2.05, 4.69) is 19.1 Å². The number of esters is 1. The Hall–Kier alpha value is -1.57. The molecular formula is C13H14O2. The largest absolute Gasteiger partial charge is 0.462 e. The van der Waals surface area contributed by atoms with Crippen LogP contribution < -0.4 is 0 Å². The highest BCUT2D eigenvalue weighted by Crippen LogP contribution is 2.29. The first-order chi connectivity index (χ1) is 7.24. The van der Waals surface area contributed by atoms with Crippen LogP contribution in [0.25, 0.3) is 5.57 Å². The second kappa shape index (κ2) is 3.89. The maximum atomic E-state index is 11.7. The molecule has 0 unspecified atom stereocenters. The van der Waals surface area contributed by atoms with Crippen LogP contribution in [0.4, 0.5) is 0 Å². The topological polar surface area (TPSA) is 26.3 Å². The van der Waals surface area contributed by atoms with E-state index in [0.717, 1.165) is 12.0 Å². The number of rotatable bonds is 2. The standard InChI is InChI=1S/C13H14O2/c1-3-15-13(14)12-6-4-5-10-9(2)7-8-11(10)12/h4-7H,3,8H2,1-2H3. The fourth-order valence-electron chi connectivity index (χ4n) is 1.94. The molecule has 1 aliphatic rings. The van der Waals surface area contributed by atoms with Gasteiger partial charge in [0.05, 0.1) is 12.2 Å². The molecule has 0 heterocycles. The van der Waals surface area contributed by atoms with Crippen molar-refractivity contribution in [2.24, 2.45) is 0 Å². The molecule has 2 nitrogen and oxygen atoms in total. The summed E-state index contributed by atoms with van der Waals surface area (Å²) in [5.74, 6) is -0.211. The Morgan fingerprint density at radius 3 is 3.00 bits per heavy atom. The number of benzene rings is 1. The molecule has 0 aromatic heterocycles. The van der Waals surface area contributed by atoms with Gasteiger partial charge in [0.2, 0.25) is 0 Å². The number of allylic oxidation sites excluding steroid dienone is 2. The van der Waals surface area contributed by atoms with E-state index in [1.54, 1.807) is 0 Å². The maximum Gasteiger partial charge on any atom is 0.338 e. The van der Waals surface area contributed by atoms with Gasteiger partial charge in [-0.2, -0.15) is 0 Å². The zero-order valence-corrected chi connectivity index (χ0v) is 9.04. The predicted molar refractivity (Wildman–Crippen MR) is 59.8 cm³/mol. The summed E-state index contributed by atoms with van der Waals surface area (Å²) in [4.78, 5) is 11.7. The number of hydrogen-bond donors (Lipinski definition) is 0. The number of carbonyl (C=O) groups is 1. The average Bonchev–Trinajstić information content (AvgIpc) is 2.61. The Labute approximate surface area is 89.6 Å². The lowest BCUT2D eigenvalue weighted by atomic mass is 10.0. The van der Waals surface area contributed by atoms with Crippen molar-refractivity contribution in [2.75, 3.05) is 6.61 Å². The van der Waals surface area contributed by atoms with Crippen LogP contribution in [-0.2, 0) is 11.2 Å². The van der Waals surface area contributed by atoms with Gasteiger partial charge < -0.3 is 4.74 Å². The van der Waals surface area contributed by atoms with E-state index in [1.165, 1.54) is 11.1 Å². The first kappa shape index (κ1) is 9.97. The molecule has 0 fully saturated rings. The lowest BCUT2D eigenvalue weighted by Gasteiger charge is -2.08. The van der Waals surface area contributed by atoms with Crippen molar-refractivity contribution < 1.29 is 9.53 Å². The molecule has 0 bridgehead atoms. The second-order valence-corrected chi connectivity index (χ2v) is 3.64. The molecule has 0 saturated carbocycles. The molecule has 0 amide bonds. The summed E-state index contributed by atoms with van der Waals surface area (Å²) >= 11 is 0. The smallest absolute Gasteiger partial charge is 0.338 e. The van der Waals surface area contributed by atoms with Gasteiger partial charge in [-0.3, -0.25) is 0 Å². The Morgan fingerprint density at radius 2 is 2.27 bits per heavy atom. The van der Waals surface area contributed by atoms with Gasteiger partial charge in [-0.15, -0.1) is 0 Å². The van der Waals surface area contributed by atoms with Crippen LogP contribution in [0.15, 0.2) is 24.3 Å². The highest BCUT2D eigenvalue weighted by atomic mass is 16.5. The van der Waals surface area contributed by atoms with Crippen LogP contribution in [0.5, 0.6) is 0 Å². The van der Waals surface area contributed by atoms with Crippen molar-refractivity contribution in [3.63, 3.8) is 0 Å². The molecular weight excluding hydrogens is 188 g/mol. The van der Waals surface area contributed by atoms with Gasteiger partial charge in [0, 0.05) is 0 Å². The SMILES string of the molecule is CCOC(=O)c1cccc2c1CC=C2C. The number of ether oxygens (including phenoxy) is 1. The van der Waals surface area contributed by atoms with Gasteiger partial charge in [-0.05, 0) is 43.0 Å². The number of fused-ring (bicyclic) bond motifs is 1. The Morgan fingerprint density at radius 1 is 1.47 bits per heavy atom. The lowest BCUT2D eigenvalue weighted by Crippen LogP contribution is -2.08. The highest BCUT2D eigenvalue weighted by molar-refractivity contribution is 5.94. The summed E-state index contributed by atoms with van der Waals surface area (Å²) in [5, 5.41) is 0. The molecule has 0 N–H and O–H groups in total. The molecule has 0 radical (unpaired) electrons. The van der Waals surface area contributed by atoms with Crippen LogP contribution in [0, 0.1) is 0 Å². The number of carbonyl (C=O) groups excluding carboxylic acids is 1. The van der Waals surface area contributed by atoms with Crippen molar-refractivity contribution in [3.05, 3.63) is 41.0 Å². The van der Waals surface area contributed by atoms with Gasteiger partial charge in [-0.1, -0.05) is 18.2 Å². The van der Waals surface area contributed by atoms with E-state index >= 15 is 0 Å². The molecule has 0 spiro atoms. The third-order valence-electron chi connectivity index (χ3n) is 2.71. The molecule has 15 heavy (non-hydrogen) atoms. The first-order valence-corrected chi connectivity index (χ1v) is 5.20. The third-order valence-corrected chi connectivity index (χ3v) is 2.71. The Bertz CT molecular complexity index is 430. The van der Waals surface area contributed by atoms with E-state index in [-0.39, 0.29) is 5.97 Å². The van der Waals surface area contributed by atoms with Crippen LogP contribution in [0.3, 0.4) is 0 Å². The van der Waals surface area contributed by atoms with Crippen LogP contribution in [0.1, 0.15) is 35.3 Å². The average molecular weight is 202 g/mol. The quantitative estimate of drug-likeness (QED) is 0.689. The zero-order chi connectivity index (χ0) is 10.8. The van der Waals surface area contributed by atoms with E-state index in [9.17, 15) is 4.79 Å². The van der Waals surface area contributed by atoms with E-state index in [1.807, 2.05) is 19.1 Å². The summed E-state index contributed by atoms with van der Waals surface area (Å²) in [7, 11) is 0. The summed E-state index contributed by atoms with van der Waals surface area (Å²) in [6.45, 7) is 4.32. The van der Waals surface area contributed by atoms with Gasteiger partial charge in [0.1, 0.15) is 0 Å². The summed E-state index contributed by atoms with van der Waals surface area (Å²) in [5.41, 5.74) is 4.24. The molecule has 2 heteroatoms. The zero-order valence-electron chi connectivity index (χ0n) is 9.04. The molecule has 1 aromatic rings. The highest BCUT2D eigenvalue weighted by Gasteiger charge is 2.18. The van der Waals surface area contributed by atoms with Crippen LogP contribution in [-0.4, -0.2) is 12.6 Å². The Kier molecular flexibility index (Phi) is 2.58. The molecule has 1 aromatic carbocycles. The van der Waals surface area contributed by atoms with Crippen molar-refractivity contribution in [1.29, 1.82) is 0 Å². The van der Waals surface area contributed by atoms with Crippen LogP contribution >= 0.6 is 0 Å². The monoisotopic (exact) mass is 202 g/mol. The van der Waals surface area contributed by atoms with Gasteiger partial charge in [-0.25, -0.2) is 4.79 Å². The minimum atomic E-state index is -0.211. The van der Waals surface area contributed by atoms with Crippen molar-refractivity contribution >= 4 is 11.5 Å². The lowest BCUT2D eigenvalue weighted by molar-refractivity contribution is 0.0525. The third kappa shape index (κ3) is 1.67. The first-order valence-electron chi connectivity index (χ1n) is 5.20. The second-order valence-electron chi connectivity index (χ2n) is 3.64. The van der Waals surface area contributed by atoms with E-state index in [0.29, 0.717) is 12.2 Å². The van der Waals surface area contributed by atoms with E-state index < -0.39 is 0 Å². The minimum absolute atomic E-state index is 0.211. The molecule has 2 rings (SSSR count). The van der Waals surface area contributed by atoms with Crippen molar-refractivity contribution in [3.8, 4) is 0 Å². The molecule has 0 saturated heterocycles. The molecule has 78 valence electrons. The molecule has 1 aliphatic carbocycles. The molecule has 0 atom stereocenters. The molecule has 0 aliphatic heterocycles. The van der Waals surface area contributed by atoms with Crippen molar-refractivity contribution in [1.82, 2.24) is 0 Å². The van der Waals surface area contributed by atoms with Crippen LogP contribution in [0.2, 0.25) is 0 Å². The Balaban J connectivity index is 2.40. The fourth-order valence-corrected chi connectivity index (χ4v) is 1.94. The number of hydrogen-bond acceptors (Lipinski definition) is 2. The normalized spacial score (nSPS) is 13.3. The minimum Gasteiger partial charge on any atom is -0.462 e. The predicted octanol–water partition coefficient (Wildman–Crippen LogP) is 2.82. The van der Waals surface area contributed by atoms with Gasteiger partial charge >= 0.3 is 5.97 Å². The summed E-state index contributed by atoms with van der Waals surface area (Å²) < 4.78 is 5.03. The van der Waals surface area contributed by atoms with Gasteiger partial charge in [0.25, 0.3) is 0 Å². The summed E-state index contributed by atoms with van der Waals surface area (Å²) in [6, 6.07) is 5.80. The maximum absolute atomic E-state index is 11.7. The van der Waals surface area contributed by atoms with Crippen molar-refractivity contribution in [2.45, 2.75) is 20.3 Å². The van der Waals surface area contributed by atoms with E-state index in [4.69, 9.17) is 4.74 Å².